The molecule has 3 aromatic heterocycles. The molecule has 2 bridgehead atoms. The highest BCUT2D eigenvalue weighted by atomic mass is 16.5. The van der Waals surface area contributed by atoms with Crippen molar-refractivity contribution in [2.45, 2.75) is 37.6 Å². The molecule has 0 spiro atoms. The average Bonchev–Trinajstić information content (AvgIpc) is 3.50. The number of nitrogens with zero attached hydrogens (tertiary/aromatic N) is 7. The third-order valence-electron chi connectivity index (χ3n) is 8.36. The predicted octanol–water partition coefficient (Wildman–Crippen LogP) is 3.06. The van der Waals surface area contributed by atoms with Crippen LogP contribution in [0.15, 0.2) is 55.1 Å². The van der Waals surface area contributed by atoms with Crippen LogP contribution in [0.1, 0.15) is 24.1 Å². The van der Waals surface area contributed by atoms with Crippen LogP contribution in [0.5, 0.6) is 5.88 Å². The summed E-state index contributed by atoms with van der Waals surface area (Å²) in [6.07, 6.45) is 9.31. The van der Waals surface area contributed by atoms with Gasteiger partial charge in [0.2, 0.25) is 5.88 Å². The molecule has 3 unspecified atom stereocenters. The van der Waals surface area contributed by atoms with E-state index in [2.05, 4.69) is 55.0 Å². The number of ether oxygens (including phenoxy) is 2. The fourth-order valence-corrected chi connectivity index (χ4v) is 6.09. The molecular formula is C30H34N8O2. The van der Waals surface area contributed by atoms with E-state index in [-0.39, 0.29) is 6.10 Å². The van der Waals surface area contributed by atoms with Crippen molar-refractivity contribution < 1.29 is 9.47 Å². The molecule has 3 atom stereocenters. The fraction of sp³-hybridized carbons (Fsp3) is 0.400. The van der Waals surface area contributed by atoms with Crippen LogP contribution in [0.2, 0.25) is 0 Å². The minimum atomic E-state index is 0.210. The molecule has 7 rings (SSSR count). The van der Waals surface area contributed by atoms with Crippen molar-refractivity contribution in [2.24, 2.45) is 5.73 Å². The maximum atomic E-state index is 9.68. The second-order valence-corrected chi connectivity index (χ2v) is 10.6. The maximum Gasteiger partial charge on any atom is 0.212 e. The highest BCUT2D eigenvalue weighted by Gasteiger charge is 2.44. The van der Waals surface area contributed by atoms with Gasteiger partial charge in [0.15, 0.2) is 0 Å². The molecule has 3 aromatic rings. The molecule has 0 radical (unpaired) electrons. The van der Waals surface area contributed by atoms with Gasteiger partial charge in [0, 0.05) is 87.7 Å². The Morgan fingerprint density at radius 3 is 2.52 bits per heavy atom. The third-order valence-corrected chi connectivity index (χ3v) is 8.36. The lowest BCUT2D eigenvalue weighted by Crippen LogP contribution is -2.68. The SMILES string of the molecule is COc1ccc(CN2C3CC2CN(c2ccc(-c4cc(N5CCC(OC)C5)cnc4C(C#N)=CN)cn2)C3)cn1. The zero-order chi connectivity index (χ0) is 27.6. The number of piperazine rings is 1. The summed E-state index contributed by atoms with van der Waals surface area (Å²) in [5.41, 5.74) is 10.6. The number of hydrogen-bond acceptors (Lipinski definition) is 10. The van der Waals surface area contributed by atoms with Crippen LogP contribution in [0.25, 0.3) is 16.7 Å². The molecule has 0 aromatic carbocycles. The molecule has 2 N–H and O–H groups in total. The first-order valence-electron chi connectivity index (χ1n) is 13.7. The number of aromatic nitrogens is 3. The van der Waals surface area contributed by atoms with Crippen LogP contribution in [0.4, 0.5) is 11.5 Å². The van der Waals surface area contributed by atoms with Crippen molar-refractivity contribution in [1.82, 2.24) is 19.9 Å². The summed E-state index contributed by atoms with van der Waals surface area (Å²) < 4.78 is 10.7. The van der Waals surface area contributed by atoms with E-state index in [9.17, 15) is 5.26 Å². The number of piperidine rings is 1. The minimum absolute atomic E-state index is 0.210. The number of nitriles is 1. The minimum Gasteiger partial charge on any atom is -0.481 e. The molecule has 0 amide bonds. The van der Waals surface area contributed by atoms with Gasteiger partial charge in [-0.05, 0) is 36.6 Å². The first kappa shape index (κ1) is 26.0. The van der Waals surface area contributed by atoms with E-state index in [1.165, 1.54) is 18.2 Å². The second kappa shape index (κ2) is 11.1. The van der Waals surface area contributed by atoms with Gasteiger partial charge in [-0.1, -0.05) is 6.07 Å². The topological polar surface area (TPSA) is 117 Å². The van der Waals surface area contributed by atoms with Gasteiger partial charge in [0.05, 0.1) is 36.4 Å². The van der Waals surface area contributed by atoms with Crippen molar-refractivity contribution >= 4 is 17.1 Å². The van der Waals surface area contributed by atoms with Gasteiger partial charge in [-0.2, -0.15) is 5.26 Å². The summed E-state index contributed by atoms with van der Waals surface area (Å²) in [6, 6.07) is 13.4. The first-order chi connectivity index (χ1) is 19.6. The molecule has 7 heterocycles. The zero-order valence-corrected chi connectivity index (χ0v) is 22.9. The lowest BCUT2D eigenvalue weighted by Gasteiger charge is -2.56. The van der Waals surface area contributed by atoms with Crippen LogP contribution in [-0.2, 0) is 11.3 Å². The quantitative estimate of drug-likeness (QED) is 0.429. The number of pyridine rings is 3. The van der Waals surface area contributed by atoms with Gasteiger partial charge in [-0.15, -0.1) is 0 Å². The summed E-state index contributed by atoms with van der Waals surface area (Å²) >= 11 is 0. The highest BCUT2D eigenvalue weighted by Crippen LogP contribution is 2.37. The molecule has 4 aliphatic rings. The summed E-state index contributed by atoms with van der Waals surface area (Å²) in [5, 5.41) is 9.68. The zero-order valence-electron chi connectivity index (χ0n) is 22.9. The van der Waals surface area contributed by atoms with E-state index in [0.29, 0.717) is 29.2 Å². The summed E-state index contributed by atoms with van der Waals surface area (Å²) in [4.78, 5) is 21.1. The lowest BCUT2D eigenvalue weighted by atomic mass is 9.87. The van der Waals surface area contributed by atoms with Crippen LogP contribution >= 0.6 is 0 Å². The standard InChI is InChI=1S/C30H34N8O2/c1-39-26-7-8-36(19-26)23-10-27(30(35-15-23)22(11-31)12-32)21-4-5-28(33-14-21)37-17-24-9-25(18-37)38(24)16-20-3-6-29(40-2)34-13-20/h3-6,10-11,13-15,24-26H,7-9,16-19,31H2,1-2H3. The van der Waals surface area contributed by atoms with E-state index in [1.54, 1.807) is 14.2 Å². The number of nitrogens with two attached hydrogens (primary N) is 1. The van der Waals surface area contributed by atoms with E-state index in [1.807, 2.05) is 24.7 Å². The van der Waals surface area contributed by atoms with Crippen molar-refractivity contribution in [1.29, 1.82) is 5.26 Å². The monoisotopic (exact) mass is 538 g/mol. The summed E-state index contributed by atoms with van der Waals surface area (Å²) in [6.45, 7) is 4.50. The van der Waals surface area contributed by atoms with E-state index < -0.39 is 0 Å². The fourth-order valence-electron chi connectivity index (χ4n) is 6.09. The van der Waals surface area contributed by atoms with Gasteiger partial charge in [0.25, 0.3) is 0 Å². The molecule has 4 aliphatic heterocycles. The van der Waals surface area contributed by atoms with Crippen molar-refractivity contribution in [2.75, 3.05) is 50.2 Å². The Morgan fingerprint density at radius 1 is 1.05 bits per heavy atom. The second-order valence-electron chi connectivity index (χ2n) is 10.6. The molecular weight excluding hydrogens is 504 g/mol. The van der Waals surface area contributed by atoms with Gasteiger partial charge < -0.3 is 25.0 Å². The van der Waals surface area contributed by atoms with Gasteiger partial charge in [-0.25, -0.2) is 9.97 Å². The number of allylic oxidation sites excluding steroid dienone is 1. The van der Waals surface area contributed by atoms with Crippen LogP contribution < -0.4 is 20.3 Å². The smallest absolute Gasteiger partial charge is 0.212 e. The van der Waals surface area contributed by atoms with E-state index in [4.69, 9.17) is 20.2 Å². The predicted molar refractivity (Wildman–Crippen MR) is 154 cm³/mol. The van der Waals surface area contributed by atoms with Crippen LogP contribution in [0, 0.1) is 11.3 Å². The molecule has 10 heteroatoms. The Kier molecular flexibility index (Phi) is 7.24. The number of rotatable bonds is 8. The van der Waals surface area contributed by atoms with Gasteiger partial charge in [0.1, 0.15) is 11.9 Å². The van der Waals surface area contributed by atoms with E-state index in [0.717, 1.165) is 61.8 Å². The Balaban J connectivity index is 1.18. The van der Waals surface area contributed by atoms with Gasteiger partial charge in [-0.3, -0.25) is 9.88 Å². The maximum absolute atomic E-state index is 9.68. The average molecular weight is 539 g/mol. The summed E-state index contributed by atoms with van der Waals surface area (Å²) in [7, 11) is 3.39. The van der Waals surface area contributed by atoms with Crippen molar-refractivity contribution in [3.05, 3.63) is 66.4 Å². The molecule has 0 aliphatic carbocycles. The van der Waals surface area contributed by atoms with Crippen LogP contribution in [0.3, 0.4) is 0 Å². The highest BCUT2D eigenvalue weighted by molar-refractivity contribution is 5.86. The molecule has 0 saturated carbocycles. The molecule has 4 fully saturated rings. The Bertz CT molecular complexity index is 1410. The van der Waals surface area contributed by atoms with Gasteiger partial charge >= 0.3 is 0 Å². The normalized spacial score (nSPS) is 22.6. The third kappa shape index (κ3) is 4.94. The Hall–Kier alpha value is -4.20. The number of anilines is 2. The molecule has 40 heavy (non-hydrogen) atoms. The first-order valence-corrected chi connectivity index (χ1v) is 13.7. The number of methoxy groups -OCH3 is 2. The Morgan fingerprint density at radius 2 is 1.90 bits per heavy atom. The largest absolute Gasteiger partial charge is 0.481 e. The molecule has 4 saturated heterocycles. The van der Waals surface area contributed by atoms with E-state index >= 15 is 0 Å². The molecule has 10 nitrogen and oxygen atoms in total. The van der Waals surface area contributed by atoms with Crippen molar-refractivity contribution in [3.8, 4) is 23.1 Å². The van der Waals surface area contributed by atoms with Crippen molar-refractivity contribution in [3.63, 3.8) is 0 Å². The summed E-state index contributed by atoms with van der Waals surface area (Å²) in [5.74, 6) is 1.61. The number of fused-ring (bicyclic) bond motifs is 2. The number of hydrogen-bond donors (Lipinski definition) is 1. The van der Waals surface area contributed by atoms with Crippen LogP contribution in [-0.4, -0.2) is 78.4 Å². The lowest BCUT2D eigenvalue weighted by molar-refractivity contribution is -0.00876. The Labute approximate surface area is 234 Å². The molecule has 206 valence electrons.